The van der Waals surface area contributed by atoms with Crippen molar-refractivity contribution in [3.8, 4) is 0 Å². The van der Waals surface area contributed by atoms with Crippen LogP contribution in [0.3, 0.4) is 0 Å². The molecule has 0 unspecified atom stereocenters. The Kier molecular flexibility index (Phi) is 9.98. The minimum Gasteiger partial charge on any atom is -0.468 e. The number of ether oxygens (including phenoxy) is 2. The highest BCUT2D eigenvalue weighted by Crippen LogP contribution is 2.10. The van der Waals surface area contributed by atoms with E-state index in [4.69, 9.17) is 4.74 Å². The van der Waals surface area contributed by atoms with Gasteiger partial charge in [-0.25, -0.2) is 4.79 Å². The van der Waals surface area contributed by atoms with E-state index in [-0.39, 0.29) is 18.9 Å². The summed E-state index contributed by atoms with van der Waals surface area (Å²) < 4.78 is 9.78. The molecule has 0 saturated heterocycles. The molecule has 0 saturated carbocycles. The van der Waals surface area contributed by atoms with Crippen molar-refractivity contribution >= 4 is 23.9 Å². The largest absolute Gasteiger partial charge is 0.468 e. The second-order valence-corrected chi connectivity index (χ2v) is 8.41. The first kappa shape index (κ1) is 25.9. The van der Waals surface area contributed by atoms with Gasteiger partial charge in [-0.15, -0.1) is 0 Å². The molecule has 9 nitrogen and oxygen atoms in total. The summed E-state index contributed by atoms with van der Waals surface area (Å²) in [5.74, 6) is -1.93. The summed E-state index contributed by atoms with van der Waals surface area (Å²) >= 11 is 0. The van der Waals surface area contributed by atoms with Crippen LogP contribution in [0.5, 0.6) is 0 Å². The molecule has 0 aliphatic carbocycles. The fourth-order valence-electron chi connectivity index (χ4n) is 2.64. The van der Waals surface area contributed by atoms with Crippen molar-refractivity contribution in [2.45, 2.75) is 58.7 Å². The average molecular weight is 436 g/mol. The van der Waals surface area contributed by atoms with Crippen LogP contribution >= 0.6 is 0 Å². The van der Waals surface area contributed by atoms with E-state index in [1.807, 2.05) is 30.3 Å². The number of nitrogens with one attached hydrogen (secondary N) is 3. The summed E-state index contributed by atoms with van der Waals surface area (Å²) in [5, 5.41) is 7.70. The molecule has 0 aromatic heterocycles. The lowest BCUT2D eigenvalue weighted by molar-refractivity contribution is -0.141. The van der Waals surface area contributed by atoms with Gasteiger partial charge in [0.2, 0.25) is 11.8 Å². The van der Waals surface area contributed by atoms with Gasteiger partial charge in [0.15, 0.2) is 0 Å². The number of hydrogen-bond acceptors (Lipinski definition) is 6. The highest BCUT2D eigenvalue weighted by atomic mass is 16.6. The van der Waals surface area contributed by atoms with E-state index < -0.39 is 41.6 Å². The number of methoxy groups -OCH3 is 1. The number of carbonyl (C=O) groups is 4. The number of carbonyl (C=O) groups excluding carboxylic acids is 4. The van der Waals surface area contributed by atoms with Gasteiger partial charge in [-0.2, -0.15) is 0 Å². The van der Waals surface area contributed by atoms with Crippen LogP contribution in [0.15, 0.2) is 30.3 Å². The Hall–Kier alpha value is -3.10. The molecule has 0 aliphatic heterocycles. The first-order chi connectivity index (χ1) is 14.4. The predicted octanol–water partition coefficient (Wildman–Crippen LogP) is 1.55. The van der Waals surface area contributed by atoms with E-state index in [1.165, 1.54) is 7.11 Å². The monoisotopic (exact) mass is 435 g/mol. The molecule has 0 aliphatic rings. The molecule has 9 heteroatoms. The van der Waals surface area contributed by atoms with Crippen LogP contribution in [0.25, 0.3) is 0 Å². The molecular weight excluding hydrogens is 402 g/mol. The van der Waals surface area contributed by atoms with Gasteiger partial charge in [-0.3, -0.25) is 14.4 Å². The van der Waals surface area contributed by atoms with Crippen LogP contribution < -0.4 is 16.0 Å². The van der Waals surface area contributed by atoms with Crippen LogP contribution in [0.1, 0.15) is 40.2 Å². The van der Waals surface area contributed by atoms with Gasteiger partial charge in [0.1, 0.15) is 24.2 Å². The highest BCUT2D eigenvalue weighted by Gasteiger charge is 2.30. The van der Waals surface area contributed by atoms with E-state index in [0.717, 1.165) is 5.56 Å². The number of hydrogen-bond donors (Lipinski definition) is 3. The standard InChI is InChI=1S/C22H33N3O6/c1-14(2)18(20(28)23-13-17(26)30-6)25-19(27)16(12-15-10-8-7-9-11-15)24-21(29)31-22(3,4)5/h7-11,14,16,18H,12-13H2,1-6H3,(H,23,28)(H,24,29)(H,25,27)/t16-,18-/m0/s1. The van der Waals surface area contributed by atoms with E-state index >= 15 is 0 Å². The van der Waals surface area contributed by atoms with Crippen LogP contribution in [0.2, 0.25) is 0 Å². The van der Waals surface area contributed by atoms with Crippen LogP contribution in [0.4, 0.5) is 4.79 Å². The zero-order chi connectivity index (χ0) is 23.6. The third-order valence-corrected chi connectivity index (χ3v) is 4.17. The lowest BCUT2D eigenvalue weighted by Crippen LogP contribution is -2.56. The van der Waals surface area contributed by atoms with Crippen molar-refractivity contribution in [2.24, 2.45) is 5.92 Å². The van der Waals surface area contributed by atoms with E-state index in [1.54, 1.807) is 34.6 Å². The molecule has 3 N–H and O–H groups in total. The van der Waals surface area contributed by atoms with Gasteiger partial charge < -0.3 is 25.4 Å². The molecule has 2 atom stereocenters. The quantitative estimate of drug-likeness (QED) is 0.506. The average Bonchev–Trinajstić information content (AvgIpc) is 2.68. The Morgan fingerprint density at radius 1 is 0.968 bits per heavy atom. The SMILES string of the molecule is COC(=O)CNC(=O)[C@@H](NC(=O)[C@H](Cc1ccccc1)NC(=O)OC(C)(C)C)C(C)C. The molecule has 172 valence electrons. The van der Waals surface area contributed by atoms with Crippen LogP contribution in [-0.4, -0.2) is 55.2 Å². The van der Waals surface area contributed by atoms with Crippen molar-refractivity contribution < 1.29 is 28.7 Å². The van der Waals surface area contributed by atoms with Crippen molar-refractivity contribution in [3.63, 3.8) is 0 Å². The van der Waals surface area contributed by atoms with Gasteiger partial charge in [0.05, 0.1) is 7.11 Å². The second-order valence-electron chi connectivity index (χ2n) is 8.41. The highest BCUT2D eigenvalue weighted by molar-refractivity contribution is 5.92. The Morgan fingerprint density at radius 3 is 2.10 bits per heavy atom. The minimum atomic E-state index is -0.966. The predicted molar refractivity (Wildman–Crippen MR) is 115 cm³/mol. The van der Waals surface area contributed by atoms with E-state index in [9.17, 15) is 19.2 Å². The lowest BCUT2D eigenvalue weighted by Gasteiger charge is -2.26. The van der Waals surface area contributed by atoms with Crippen molar-refractivity contribution in [1.82, 2.24) is 16.0 Å². The topological polar surface area (TPSA) is 123 Å². The summed E-state index contributed by atoms with van der Waals surface area (Å²) in [6.45, 7) is 8.38. The second kappa shape index (κ2) is 11.9. The van der Waals surface area contributed by atoms with Crippen LogP contribution in [0, 0.1) is 5.92 Å². The summed E-state index contributed by atoms with van der Waals surface area (Å²) in [4.78, 5) is 49.1. The number of esters is 1. The summed E-state index contributed by atoms with van der Waals surface area (Å²) in [6, 6.07) is 7.30. The first-order valence-electron chi connectivity index (χ1n) is 10.1. The molecule has 1 aromatic rings. The molecule has 0 fully saturated rings. The maximum absolute atomic E-state index is 13.0. The molecule has 31 heavy (non-hydrogen) atoms. The summed E-state index contributed by atoms with van der Waals surface area (Å²) in [6.07, 6.45) is -0.527. The minimum absolute atomic E-state index is 0.209. The van der Waals surface area contributed by atoms with Crippen LogP contribution in [-0.2, 0) is 30.3 Å². The third kappa shape index (κ3) is 9.97. The van der Waals surface area contributed by atoms with Crippen molar-refractivity contribution in [2.75, 3.05) is 13.7 Å². The lowest BCUT2D eigenvalue weighted by atomic mass is 10.0. The number of alkyl carbamates (subject to hydrolysis) is 1. The Labute approximate surface area is 183 Å². The van der Waals surface area contributed by atoms with Crippen molar-refractivity contribution in [3.05, 3.63) is 35.9 Å². The smallest absolute Gasteiger partial charge is 0.408 e. The number of amides is 3. The fourth-order valence-corrected chi connectivity index (χ4v) is 2.64. The Bertz CT molecular complexity index is 758. The molecule has 0 spiro atoms. The fraction of sp³-hybridized carbons (Fsp3) is 0.545. The number of rotatable bonds is 9. The maximum atomic E-state index is 13.0. The molecule has 0 heterocycles. The van der Waals surface area contributed by atoms with Crippen molar-refractivity contribution in [1.29, 1.82) is 0 Å². The normalized spacial score (nSPS) is 13.0. The number of benzene rings is 1. The Balaban J connectivity index is 2.95. The van der Waals surface area contributed by atoms with Gasteiger partial charge >= 0.3 is 12.1 Å². The molecule has 1 aromatic carbocycles. The van der Waals surface area contributed by atoms with E-state index in [2.05, 4.69) is 20.7 Å². The molecule has 1 rings (SSSR count). The summed E-state index contributed by atoms with van der Waals surface area (Å²) in [7, 11) is 1.21. The maximum Gasteiger partial charge on any atom is 0.408 e. The third-order valence-electron chi connectivity index (χ3n) is 4.17. The van der Waals surface area contributed by atoms with Gasteiger partial charge in [0.25, 0.3) is 0 Å². The molecule has 0 bridgehead atoms. The summed E-state index contributed by atoms with van der Waals surface area (Å²) in [5.41, 5.74) is 0.0986. The first-order valence-corrected chi connectivity index (χ1v) is 10.1. The van der Waals surface area contributed by atoms with Gasteiger partial charge in [-0.05, 0) is 32.3 Å². The Morgan fingerprint density at radius 2 is 1.58 bits per heavy atom. The zero-order valence-electron chi connectivity index (χ0n) is 19.0. The van der Waals surface area contributed by atoms with Gasteiger partial charge in [-0.1, -0.05) is 44.2 Å². The van der Waals surface area contributed by atoms with Gasteiger partial charge in [0, 0.05) is 6.42 Å². The molecule has 3 amide bonds. The zero-order valence-corrected chi connectivity index (χ0v) is 19.0. The molecular formula is C22H33N3O6. The molecule has 0 radical (unpaired) electrons. The van der Waals surface area contributed by atoms with E-state index in [0.29, 0.717) is 0 Å².